The van der Waals surface area contributed by atoms with Crippen molar-refractivity contribution in [3.63, 3.8) is 0 Å². The normalized spacial score (nSPS) is 20.5. The van der Waals surface area contributed by atoms with Crippen molar-refractivity contribution in [2.24, 2.45) is 0 Å². The molecule has 2 heterocycles. The van der Waals surface area contributed by atoms with E-state index in [-0.39, 0.29) is 0 Å². The largest absolute Gasteiger partial charge is 0.246 e. The maximum atomic E-state index is 4.67. The van der Waals surface area contributed by atoms with Gasteiger partial charge in [0.1, 0.15) is 11.4 Å². The highest BCUT2D eigenvalue weighted by Gasteiger charge is 2.51. The number of aromatic nitrogens is 2. The fourth-order valence-electron chi connectivity index (χ4n) is 1.66. The Bertz CT molecular complexity index is 562. The van der Waals surface area contributed by atoms with Crippen molar-refractivity contribution in [3.8, 4) is 0 Å². The highest BCUT2D eigenvalue weighted by Crippen LogP contribution is 2.68. The summed E-state index contributed by atoms with van der Waals surface area (Å²) in [5.74, 6) is 0. The Morgan fingerprint density at radius 3 is 1.65 bits per heavy atom. The minimum atomic E-state index is -0.417. The van der Waals surface area contributed by atoms with Crippen molar-refractivity contribution in [2.75, 3.05) is 0 Å². The summed E-state index contributed by atoms with van der Waals surface area (Å²) in [5.41, 5.74) is 3.56. The lowest BCUT2D eigenvalue weighted by molar-refractivity contribution is 1.07. The smallest absolute Gasteiger partial charge is 0.172 e. The minimum absolute atomic E-state index is 0.417. The van der Waals surface area contributed by atoms with Crippen LogP contribution in [0.3, 0.4) is 0 Å². The summed E-state index contributed by atoms with van der Waals surface area (Å²) in [4.78, 5) is 9.33. The molecule has 0 saturated carbocycles. The molecule has 3 rings (SSSR count). The summed E-state index contributed by atoms with van der Waals surface area (Å²) >= 11 is 16.1. The summed E-state index contributed by atoms with van der Waals surface area (Å²) in [5, 5.41) is 0. The van der Waals surface area contributed by atoms with E-state index >= 15 is 0 Å². The molecular weight excluding hydrogens is 500 g/mol. The monoisotopic (exact) mass is 500 g/mol. The van der Waals surface area contributed by atoms with Gasteiger partial charge in [-0.05, 0) is 12.1 Å². The van der Waals surface area contributed by atoms with Crippen LogP contribution in [0, 0.1) is 0 Å². The molecule has 0 spiro atoms. The second kappa shape index (κ2) is 4.16. The van der Waals surface area contributed by atoms with E-state index < -0.39 is 5.13 Å². The van der Waals surface area contributed by atoms with Gasteiger partial charge in [0.2, 0.25) is 0 Å². The van der Waals surface area contributed by atoms with Gasteiger partial charge >= 0.3 is 0 Å². The number of alkyl halides is 4. The summed E-state index contributed by atoms with van der Waals surface area (Å²) in [6.45, 7) is 0. The van der Waals surface area contributed by atoms with Gasteiger partial charge in [-0.15, -0.1) is 0 Å². The molecule has 0 N–H and O–H groups in total. The Morgan fingerprint density at radius 1 is 0.824 bits per heavy atom. The number of halogens is 4. The Hall–Kier alpha value is 0.830. The van der Waals surface area contributed by atoms with Crippen molar-refractivity contribution in [1.29, 1.82) is 0 Å². The predicted octanol–water partition coefficient (Wildman–Crippen LogP) is 5.18. The highest BCUT2D eigenvalue weighted by atomic mass is 79.9. The quantitative estimate of drug-likeness (QED) is 0.464. The first kappa shape index (κ1) is 12.8. The maximum absolute atomic E-state index is 4.67. The van der Waals surface area contributed by atoms with Crippen LogP contribution in [0.25, 0.3) is 11.0 Å². The summed E-state index contributed by atoms with van der Waals surface area (Å²) in [6.07, 6.45) is 0. The number of nitrogens with zero attached hydrogens (tertiary/aromatic N) is 2. The molecular formula is C10H4Br4N2S. The summed E-state index contributed by atoms with van der Waals surface area (Å²) in [6, 6.07) is 7.86. The van der Waals surface area contributed by atoms with E-state index in [1.54, 1.807) is 11.8 Å². The molecule has 0 saturated heterocycles. The molecule has 17 heavy (non-hydrogen) atoms. The zero-order valence-electron chi connectivity index (χ0n) is 8.12. The van der Waals surface area contributed by atoms with E-state index in [2.05, 4.69) is 73.7 Å². The second-order valence-corrected chi connectivity index (χ2v) is 14.0. The predicted molar refractivity (Wildman–Crippen MR) is 86.2 cm³/mol. The standard InChI is InChI=1S/C10H4Br4N2S/c11-9(12)7-8(10(13,14)17-9)16-6-4-2-1-3-5(6)15-7/h1-4H. The lowest BCUT2D eigenvalue weighted by atomic mass is 10.2. The molecule has 0 aliphatic carbocycles. The first-order valence-electron chi connectivity index (χ1n) is 4.64. The van der Waals surface area contributed by atoms with Gasteiger partial charge in [-0.1, -0.05) is 87.6 Å². The van der Waals surface area contributed by atoms with Gasteiger partial charge in [-0.3, -0.25) is 0 Å². The average Bonchev–Trinajstić information content (AvgIpc) is 2.43. The number of thioether (sulfide) groups is 1. The van der Waals surface area contributed by atoms with Gasteiger partial charge in [0.15, 0.2) is 5.13 Å². The zero-order chi connectivity index (χ0) is 12.3. The van der Waals surface area contributed by atoms with Gasteiger partial charge in [-0.2, -0.15) is 0 Å². The van der Waals surface area contributed by atoms with E-state index in [1.165, 1.54) is 0 Å². The third-order valence-electron chi connectivity index (χ3n) is 2.38. The van der Waals surface area contributed by atoms with Crippen LogP contribution in [0.2, 0.25) is 0 Å². The van der Waals surface area contributed by atoms with Crippen LogP contribution in [0.1, 0.15) is 11.4 Å². The fourth-order valence-corrected chi connectivity index (χ4v) is 9.09. The molecule has 1 aromatic carbocycles. The second-order valence-electron chi connectivity index (χ2n) is 3.55. The van der Waals surface area contributed by atoms with Crippen molar-refractivity contribution >= 4 is 86.5 Å². The molecule has 0 amide bonds. The molecule has 1 aromatic heterocycles. The van der Waals surface area contributed by atoms with E-state index in [1.807, 2.05) is 24.3 Å². The Balaban J connectivity index is 2.37. The zero-order valence-corrected chi connectivity index (χ0v) is 15.3. The van der Waals surface area contributed by atoms with Gasteiger partial charge in [-0.25, -0.2) is 9.97 Å². The van der Waals surface area contributed by atoms with Gasteiger partial charge in [0.05, 0.1) is 11.0 Å². The van der Waals surface area contributed by atoms with Crippen molar-refractivity contribution in [1.82, 2.24) is 9.97 Å². The van der Waals surface area contributed by atoms with Crippen LogP contribution < -0.4 is 0 Å². The van der Waals surface area contributed by atoms with Gasteiger partial charge < -0.3 is 0 Å². The topological polar surface area (TPSA) is 25.8 Å². The molecule has 0 fully saturated rings. The third kappa shape index (κ3) is 2.12. The minimum Gasteiger partial charge on any atom is -0.246 e. The van der Waals surface area contributed by atoms with E-state index in [0.29, 0.717) is 0 Å². The van der Waals surface area contributed by atoms with Crippen molar-refractivity contribution in [2.45, 2.75) is 5.13 Å². The SMILES string of the molecule is BrC1(Br)SC(Br)(Br)c2nc3ccccc3nc21. The number of benzene rings is 1. The van der Waals surface area contributed by atoms with E-state index in [4.69, 9.17) is 0 Å². The van der Waals surface area contributed by atoms with Gasteiger partial charge in [0, 0.05) is 0 Å². The van der Waals surface area contributed by atoms with Crippen LogP contribution in [0.15, 0.2) is 24.3 Å². The van der Waals surface area contributed by atoms with Gasteiger partial charge in [0.25, 0.3) is 0 Å². The third-order valence-corrected chi connectivity index (χ3v) is 6.72. The number of hydrogen-bond acceptors (Lipinski definition) is 3. The Labute approximate surface area is 136 Å². The number of fused-ring (bicyclic) bond motifs is 2. The van der Waals surface area contributed by atoms with Crippen molar-refractivity contribution in [3.05, 3.63) is 35.7 Å². The Kier molecular flexibility index (Phi) is 3.14. The summed E-state index contributed by atoms with van der Waals surface area (Å²) < 4.78 is -0.835. The van der Waals surface area contributed by atoms with Crippen molar-refractivity contribution < 1.29 is 0 Å². The molecule has 88 valence electrons. The molecule has 2 aromatic rings. The molecule has 1 aliphatic heterocycles. The molecule has 0 unspecified atom stereocenters. The van der Waals surface area contributed by atoms with Crippen LogP contribution in [-0.2, 0) is 5.13 Å². The first-order chi connectivity index (χ1) is 7.90. The van der Waals surface area contributed by atoms with Crippen LogP contribution in [-0.4, -0.2) is 9.97 Å². The number of rotatable bonds is 0. The lowest BCUT2D eigenvalue weighted by Gasteiger charge is -2.14. The molecule has 0 radical (unpaired) electrons. The van der Waals surface area contributed by atoms with E-state index in [9.17, 15) is 0 Å². The number of hydrogen-bond donors (Lipinski definition) is 0. The van der Waals surface area contributed by atoms with E-state index in [0.717, 1.165) is 22.4 Å². The maximum Gasteiger partial charge on any atom is 0.172 e. The molecule has 7 heteroatoms. The fraction of sp³-hybridized carbons (Fsp3) is 0.200. The van der Waals surface area contributed by atoms with Crippen LogP contribution in [0.5, 0.6) is 0 Å². The molecule has 2 nitrogen and oxygen atoms in total. The lowest BCUT2D eigenvalue weighted by Crippen LogP contribution is -2.05. The first-order valence-corrected chi connectivity index (χ1v) is 8.62. The van der Waals surface area contributed by atoms with Crippen LogP contribution >= 0.6 is 75.5 Å². The highest BCUT2D eigenvalue weighted by molar-refractivity contribution is 9.31. The Morgan fingerprint density at radius 2 is 1.24 bits per heavy atom. The van der Waals surface area contributed by atoms with Crippen LogP contribution in [0.4, 0.5) is 0 Å². The molecule has 0 atom stereocenters. The number of para-hydroxylation sites is 2. The molecule has 1 aliphatic rings. The molecule has 0 bridgehead atoms. The summed E-state index contributed by atoms with van der Waals surface area (Å²) in [7, 11) is 0. The average molecular weight is 504 g/mol.